The minimum Gasteiger partial charge on any atom is -0.308 e. The largest absolute Gasteiger partial charge is 0.308 e. The number of hydrogen-bond acceptors (Lipinski definition) is 4. The Morgan fingerprint density at radius 3 is 2.67 bits per heavy atom. The number of benzene rings is 2. The molecule has 4 heteroatoms. The number of aromatic nitrogens is 2. The van der Waals surface area contributed by atoms with Gasteiger partial charge in [-0.2, -0.15) is 0 Å². The van der Waals surface area contributed by atoms with Gasteiger partial charge in [-0.1, -0.05) is 36.4 Å². The number of fused-ring (bicyclic) bond motifs is 2. The van der Waals surface area contributed by atoms with Crippen LogP contribution in [0.25, 0.3) is 22.2 Å². The predicted octanol–water partition coefficient (Wildman–Crippen LogP) is 3.07. The lowest BCUT2D eigenvalue weighted by molar-refractivity contribution is 0.900. The Morgan fingerprint density at radius 1 is 0.952 bits per heavy atom. The highest BCUT2D eigenvalue weighted by Gasteiger charge is 2.19. The van der Waals surface area contributed by atoms with Gasteiger partial charge in [-0.15, -0.1) is 0 Å². The van der Waals surface area contributed by atoms with Gasteiger partial charge < -0.3 is 5.43 Å². The van der Waals surface area contributed by atoms with Crippen molar-refractivity contribution < 1.29 is 0 Å². The maximum absolute atomic E-state index is 5.62. The average molecular weight is 276 g/mol. The zero-order valence-electron chi connectivity index (χ0n) is 11.6. The monoisotopic (exact) mass is 276 g/mol. The summed E-state index contributed by atoms with van der Waals surface area (Å²) in [6.07, 6.45) is 3.14. The lowest BCUT2D eigenvalue weighted by atomic mass is 10.1. The number of rotatable bonds is 2. The fourth-order valence-corrected chi connectivity index (χ4v) is 3.01. The van der Waals surface area contributed by atoms with Crippen molar-refractivity contribution in [2.24, 2.45) is 5.84 Å². The zero-order valence-corrected chi connectivity index (χ0v) is 11.6. The van der Waals surface area contributed by atoms with Crippen molar-refractivity contribution in [2.45, 2.75) is 19.3 Å². The summed E-state index contributed by atoms with van der Waals surface area (Å²) in [5.41, 5.74) is 6.05. The third-order valence-electron chi connectivity index (χ3n) is 4.08. The number of nitrogens with one attached hydrogen (secondary N) is 1. The molecule has 3 N–H and O–H groups in total. The Bertz CT molecular complexity index is 826. The molecule has 1 aromatic heterocycles. The zero-order chi connectivity index (χ0) is 14.2. The average Bonchev–Trinajstić information content (AvgIpc) is 3.02. The van der Waals surface area contributed by atoms with Gasteiger partial charge in [0.05, 0.1) is 0 Å². The van der Waals surface area contributed by atoms with Crippen LogP contribution in [0.3, 0.4) is 0 Å². The first-order valence-electron chi connectivity index (χ1n) is 7.21. The summed E-state index contributed by atoms with van der Waals surface area (Å²) in [4.78, 5) is 9.32. The molecule has 104 valence electrons. The van der Waals surface area contributed by atoms with E-state index in [1.54, 1.807) is 0 Å². The van der Waals surface area contributed by atoms with E-state index in [9.17, 15) is 0 Å². The van der Waals surface area contributed by atoms with Crippen molar-refractivity contribution in [1.82, 2.24) is 9.97 Å². The van der Waals surface area contributed by atoms with E-state index < -0.39 is 0 Å². The van der Waals surface area contributed by atoms with E-state index in [0.717, 1.165) is 42.2 Å². The molecule has 0 saturated carbocycles. The van der Waals surface area contributed by atoms with Gasteiger partial charge in [0.25, 0.3) is 0 Å². The smallest absolute Gasteiger partial charge is 0.161 e. The first kappa shape index (κ1) is 12.3. The maximum Gasteiger partial charge on any atom is 0.161 e. The molecule has 1 heterocycles. The van der Waals surface area contributed by atoms with Crippen molar-refractivity contribution in [3.05, 3.63) is 53.7 Å². The molecule has 0 bridgehead atoms. The van der Waals surface area contributed by atoms with Crippen LogP contribution in [0.4, 0.5) is 5.82 Å². The maximum atomic E-state index is 5.62. The molecule has 0 saturated heterocycles. The van der Waals surface area contributed by atoms with Crippen LogP contribution in [0.15, 0.2) is 42.5 Å². The lowest BCUT2D eigenvalue weighted by Gasteiger charge is -2.10. The van der Waals surface area contributed by atoms with Crippen molar-refractivity contribution in [3.8, 4) is 11.4 Å². The number of nitrogens with two attached hydrogens (primary N) is 1. The van der Waals surface area contributed by atoms with Crippen LogP contribution in [-0.2, 0) is 12.8 Å². The minimum absolute atomic E-state index is 0.745. The molecule has 1 aliphatic rings. The summed E-state index contributed by atoms with van der Waals surface area (Å²) < 4.78 is 0. The first-order chi connectivity index (χ1) is 10.3. The molecule has 4 nitrogen and oxygen atoms in total. The van der Waals surface area contributed by atoms with E-state index in [1.165, 1.54) is 16.3 Å². The fraction of sp³-hybridized carbons (Fsp3) is 0.176. The molecule has 0 unspecified atom stereocenters. The van der Waals surface area contributed by atoms with Crippen LogP contribution in [0.2, 0.25) is 0 Å². The topological polar surface area (TPSA) is 63.8 Å². The van der Waals surface area contributed by atoms with Gasteiger partial charge in [0.2, 0.25) is 0 Å². The summed E-state index contributed by atoms with van der Waals surface area (Å²) in [6, 6.07) is 14.6. The normalized spacial score (nSPS) is 13.4. The number of nitrogen functional groups attached to an aromatic ring is 1. The third kappa shape index (κ3) is 2.04. The molecule has 0 amide bonds. The number of aryl methyl sites for hydroxylation is 1. The minimum atomic E-state index is 0.745. The molecule has 0 aliphatic heterocycles. The second-order valence-corrected chi connectivity index (χ2v) is 5.38. The van der Waals surface area contributed by atoms with E-state index in [4.69, 9.17) is 10.8 Å². The summed E-state index contributed by atoms with van der Waals surface area (Å²) in [5, 5.41) is 2.42. The molecule has 0 fully saturated rings. The SMILES string of the molecule is NNc1nc(-c2ccc3ccccc3c2)nc2c1CCC2. The van der Waals surface area contributed by atoms with E-state index in [1.807, 2.05) is 12.1 Å². The number of hydrogen-bond donors (Lipinski definition) is 2. The van der Waals surface area contributed by atoms with Crippen molar-refractivity contribution in [2.75, 3.05) is 5.43 Å². The highest BCUT2D eigenvalue weighted by molar-refractivity contribution is 5.86. The van der Waals surface area contributed by atoms with Gasteiger partial charge in [-0.3, -0.25) is 0 Å². The summed E-state index contributed by atoms with van der Waals surface area (Å²) in [7, 11) is 0. The number of hydrazine groups is 1. The molecule has 3 aromatic rings. The molecule has 0 atom stereocenters. The van der Waals surface area contributed by atoms with Gasteiger partial charge >= 0.3 is 0 Å². The Morgan fingerprint density at radius 2 is 1.81 bits per heavy atom. The van der Waals surface area contributed by atoms with E-state index >= 15 is 0 Å². The fourth-order valence-electron chi connectivity index (χ4n) is 3.01. The van der Waals surface area contributed by atoms with Crippen LogP contribution in [0.5, 0.6) is 0 Å². The highest BCUT2D eigenvalue weighted by Crippen LogP contribution is 2.29. The highest BCUT2D eigenvalue weighted by atomic mass is 15.3. The van der Waals surface area contributed by atoms with Gasteiger partial charge in [0.15, 0.2) is 5.82 Å². The summed E-state index contributed by atoms with van der Waals surface area (Å²) >= 11 is 0. The molecule has 2 aromatic carbocycles. The summed E-state index contributed by atoms with van der Waals surface area (Å²) in [6.45, 7) is 0. The standard InChI is InChI=1S/C17H16N4/c18-21-17-14-6-3-7-15(14)19-16(20-17)13-9-8-11-4-1-2-5-12(11)10-13/h1-2,4-5,8-10H,3,6-7,18H2,(H,19,20,21). The van der Waals surface area contributed by atoms with E-state index in [2.05, 4.69) is 40.7 Å². The molecular formula is C17H16N4. The molecule has 4 rings (SSSR count). The Labute approximate surface area is 123 Å². The Hall–Kier alpha value is -2.46. The second-order valence-electron chi connectivity index (χ2n) is 5.38. The van der Waals surface area contributed by atoms with Crippen LogP contribution < -0.4 is 11.3 Å². The van der Waals surface area contributed by atoms with Gasteiger partial charge in [0, 0.05) is 16.8 Å². The molecule has 1 aliphatic carbocycles. The number of nitrogens with zero attached hydrogens (tertiary/aromatic N) is 2. The van der Waals surface area contributed by atoms with Crippen LogP contribution >= 0.6 is 0 Å². The van der Waals surface area contributed by atoms with Crippen LogP contribution in [-0.4, -0.2) is 9.97 Å². The van der Waals surface area contributed by atoms with Gasteiger partial charge in [-0.25, -0.2) is 15.8 Å². The van der Waals surface area contributed by atoms with Gasteiger partial charge in [-0.05, 0) is 36.1 Å². The van der Waals surface area contributed by atoms with Crippen LogP contribution in [0, 0.1) is 0 Å². The first-order valence-corrected chi connectivity index (χ1v) is 7.21. The predicted molar refractivity (Wildman–Crippen MR) is 84.8 cm³/mol. The van der Waals surface area contributed by atoms with Crippen molar-refractivity contribution >= 4 is 16.6 Å². The van der Waals surface area contributed by atoms with Gasteiger partial charge in [0.1, 0.15) is 5.82 Å². The van der Waals surface area contributed by atoms with Crippen LogP contribution in [0.1, 0.15) is 17.7 Å². The molecule has 0 radical (unpaired) electrons. The quantitative estimate of drug-likeness (QED) is 0.557. The van der Waals surface area contributed by atoms with E-state index in [-0.39, 0.29) is 0 Å². The number of anilines is 1. The van der Waals surface area contributed by atoms with E-state index in [0.29, 0.717) is 0 Å². The van der Waals surface area contributed by atoms with Crippen molar-refractivity contribution in [1.29, 1.82) is 0 Å². The molecule has 21 heavy (non-hydrogen) atoms. The lowest BCUT2D eigenvalue weighted by Crippen LogP contribution is -2.12. The molecule has 0 spiro atoms. The third-order valence-corrected chi connectivity index (χ3v) is 4.08. The second kappa shape index (κ2) is 4.82. The Kier molecular flexibility index (Phi) is 2.82. The summed E-state index contributed by atoms with van der Waals surface area (Å²) in [5.74, 6) is 7.13. The molecular weight excluding hydrogens is 260 g/mol. The Balaban J connectivity index is 1.88. The van der Waals surface area contributed by atoms with Crippen molar-refractivity contribution in [3.63, 3.8) is 0 Å².